The molecule has 0 aliphatic heterocycles. The SMILES string of the molecule is COP(c1cc(Cl)cc(C(C)(C)C)c1OCOCc1ccccc1)c1cc(Cl)cc(C(C)(C)C)c1OCOCc1ccccc1. The molecule has 0 radical (unpaired) electrons. The smallest absolute Gasteiger partial charge is 0.189 e. The molecule has 0 N–H and O–H groups in total. The lowest BCUT2D eigenvalue weighted by Gasteiger charge is -2.30. The normalized spacial score (nSPS) is 12.0. The van der Waals surface area contributed by atoms with Gasteiger partial charge in [0, 0.05) is 28.3 Å². The Kier molecular flexibility index (Phi) is 12.4. The van der Waals surface area contributed by atoms with E-state index in [0.717, 1.165) is 32.9 Å². The van der Waals surface area contributed by atoms with Crippen LogP contribution in [0.5, 0.6) is 11.5 Å². The zero-order chi connectivity index (χ0) is 32.6. The maximum Gasteiger partial charge on any atom is 0.189 e. The van der Waals surface area contributed by atoms with Gasteiger partial charge in [-0.2, -0.15) is 0 Å². The van der Waals surface area contributed by atoms with E-state index in [-0.39, 0.29) is 24.4 Å². The Bertz CT molecular complexity index is 1420. The van der Waals surface area contributed by atoms with Crippen LogP contribution in [0, 0.1) is 0 Å². The Hall–Kier alpha value is -2.63. The number of halogens is 2. The summed E-state index contributed by atoms with van der Waals surface area (Å²) in [4.78, 5) is 0. The van der Waals surface area contributed by atoms with Gasteiger partial charge in [0.15, 0.2) is 13.6 Å². The van der Waals surface area contributed by atoms with Crippen molar-refractivity contribution in [3.8, 4) is 11.5 Å². The first kappa shape index (κ1) is 35.2. The highest BCUT2D eigenvalue weighted by Crippen LogP contribution is 2.47. The van der Waals surface area contributed by atoms with E-state index >= 15 is 0 Å². The molecule has 4 rings (SSSR count). The third-order valence-corrected chi connectivity index (χ3v) is 9.44. The minimum atomic E-state index is -1.51. The summed E-state index contributed by atoms with van der Waals surface area (Å²) in [5, 5.41) is 2.79. The molecule has 0 bridgehead atoms. The molecule has 0 atom stereocenters. The minimum Gasteiger partial charge on any atom is -0.466 e. The van der Waals surface area contributed by atoms with Gasteiger partial charge in [-0.15, -0.1) is 0 Å². The zero-order valence-corrected chi connectivity index (χ0v) is 29.6. The van der Waals surface area contributed by atoms with Gasteiger partial charge in [-0.3, -0.25) is 0 Å². The van der Waals surface area contributed by atoms with Crippen molar-refractivity contribution in [1.82, 2.24) is 0 Å². The van der Waals surface area contributed by atoms with Crippen LogP contribution in [0.2, 0.25) is 10.0 Å². The Balaban J connectivity index is 1.73. The minimum absolute atomic E-state index is 0.0545. The van der Waals surface area contributed by atoms with Crippen LogP contribution in [0.25, 0.3) is 0 Å². The largest absolute Gasteiger partial charge is 0.466 e. The second kappa shape index (κ2) is 15.8. The number of rotatable bonds is 13. The Morgan fingerprint density at radius 3 is 1.29 bits per heavy atom. The van der Waals surface area contributed by atoms with Crippen molar-refractivity contribution >= 4 is 42.0 Å². The van der Waals surface area contributed by atoms with Crippen molar-refractivity contribution in [2.75, 3.05) is 20.7 Å². The Morgan fingerprint density at radius 2 is 0.956 bits per heavy atom. The van der Waals surface area contributed by atoms with Crippen molar-refractivity contribution < 1.29 is 23.5 Å². The summed E-state index contributed by atoms with van der Waals surface area (Å²) >= 11 is 13.6. The van der Waals surface area contributed by atoms with Gasteiger partial charge < -0.3 is 23.5 Å². The molecule has 0 aliphatic carbocycles. The summed E-state index contributed by atoms with van der Waals surface area (Å²) in [5.41, 5.74) is 3.47. The Morgan fingerprint density at radius 1 is 0.578 bits per heavy atom. The molecule has 45 heavy (non-hydrogen) atoms. The summed E-state index contributed by atoms with van der Waals surface area (Å²) in [6.07, 6.45) is 0. The third-order valence-electron chi connectivity index (χ3n) is 7.10. The highest BCUT2D eigenvalue weighted by molar-refractivity contribution is 7.69. The molecule has 8 heteroatoms. The van der Waals surface area contributed by atoms with E-state index in [1.54, 1.807) is 7.11 Å². The van der Waals surface area contributed by atoms with E-state index in [1.807, 2.05) is 84.9 Å². The van der Waals surface area contributed by atoms with Gasteiger partial charge in [0.2, 0.25) is 0 Å². The first-order valence-corrected chi connectivity index (χ1v) is 16.9. The predicted octanol–water partition coefficient (Wildman–Crippen LogP) is 9.69. The van der Waals surface area contributed by atoms with Crippen molar-refractivity contribution in [1.29, 1.82) is 0 Å². The predicted molar refractivity (Wildman–Crippen MR) is 187 cm³/mol. The van der Waals surface area contributed by atoms with E-state index < -0.39 is 8.15 Å². The van der Waals surface area contributed by atoms with Crippen molar-refractivity contribution in [3.05, 3.63) is 117 Å². The fourth-order valence-corrected chi connectivity index (χ4v) is 7.37. The number of hydrogen-bond donors (Lipinski definition) is 0. The topological polar surface area (TPSA) is 46.2 Å². The molecule has 0 spiro atoms. The van der Waals surface area contributed by atoms with Crippen molar-refractivity contribution in [3.63, 3.8) is 0 Å². The fraction of sp³-hybridized carbons (Fsp3) is 0.351. The average molecular weight is 670 g/mol. The maximum absolute atomic E-state index is 6.78. The Labute approximate surface area is 279 Å². The van der Waals surface area contributed by atoms with Gasteiger partial charge in [-0.25, -0.2) is 0 Å². The number of benzene rings is 4. The third kappa shape index (κ3) is 9.68. The molecule has 0 saturated carbocycles. The highest BCUT2D eigenvalue weighted by atomic mass is 35.5. The van der Waals surface area contributed by atoms with E-state index in [4.69, 9.17) is 46.7 Å². The number of ether oxygens (including phenoxy) is 4. The lowest BCUT2D eigenvalue weighted by atomic mass is 9.86. The second-order valence-electron chi connectivity index (χ2n) is 12.8. The molecule has 4 aromatic rings. The molecule has 5 nitrogen and oxygen atoms in total. The van der Waals surface area contributed by atoms with Crippen LogP contribution in [-0.4, -0.2) is 20.7 Å². The van der Waals surface area contributed by atoms with Crippen LogP contribution in [0.15, 0.2) is 84.9 Å². The number of hydrogen-bond acceptors (Lipinski definition) is 5. The molecule has 4 aromatic carbocycles. The summed E-state index contributed by atoms with van der Waals surface area (Å²) in [5.74, 6) is 1.35. The van der Waals surface area contributed by atoms with Gasteiger partial charge in [0.05, 0.1) is 32.0 Å². The molecule has 0 unspecified atom stereocenters. The van der Waals surface area contributed by atoms with E-state index in [9.17, 15) is 0 Å². The van der Waals surface area contributed by atoms with E-state index in [1.165, 1.54) is 0 Å². The molecule has 0 heterocycles. The first-order chi connectivity index (χ1) is 21.4. The summed E-state index contributed by atoms with van der Waals surface area (Å²) in [7, 11) is 0.178. The average Bonchev–Trinajstić information content (AvgIpc) is 2.99. The standard InChI is InChI=1S/C37H43Cl2O5P/c1-36(2,3)30-18-28(38)20-32(34(30)43-24-41-22-26-14-10-8-11-15-26)45(40-7)33-21-29(39)19-31(37(4,5)6)35(33)44-25-42-23-27-16-12-9-13-17-27/h8-21H,22-25H2,1-7H3. The molecule has 0 amide bonds. The van der Waals surface area contributed by atoms with Gasteiger partial charge in [0.1, 0.15) is 11.5 Å². The second-order valence-corrected chi connectivity index (χ2v) is 15.6. The maximum atomic E-state index is 6.78. The molecular weight excluding hydrogens is 626 g/mol. The van der Waals surface area contributed by atoms with Crippen LogP contribution >= 0.6 is 31.4 Å². The zero-order valence-electron chi connectivity index (χ0n) is 27.2. The lowest BCUT2D eigenvalue weighted by molar-refractivity contribution is 0.00469. The first-order valence-electron chi connectivity index (χ1n) is 14.9. The van der Waals surface area contributed by atoms with Crippen LogP contribution in [-0.2, 0) is 38.0 Å². The monoisotopic (exact) mass is 668 g/mol. The summed E-state index contributed by atoms with van der Waals surface area (Å²) in [6.45, 7) is 13.7. The molecule has 0 aliphatic rings. The van der Waals surface area contributed by atoms with Gasteiger partial charge >= 0.3 is 0 Å². The lowest BCUT2D eigenvalue weighted by Crippen LogP contribution is -2.26. The molecular formula is C37H43Cl2O5P. The van der Waals surface area contributed by atoms with Gasteiger partial charge in [-0.05, 0) is 46.2 Å². The van der Waals surface area contributed by atoms with Gasteiger partial charge in [0.25, 0.3) is 0 Å². The summed E-state index contributed by atoms with van der Waals surface area (Å²) in [6, 6.07) is 27.7. The van der Waals surface area contributed by atoms with Crippen molar-refractivity contribution in [2.24, 2.45) is 0 Å². The van der Waals surface area contributed by atoms with Gasteiger partial charge in [-0.1, -0.05) is 125 Å². The molecule has 240 valence electrons. The van der Waals surface area contributed by atoms with Crippen LogP contribution < -0.4 is 20.1 Å². The molecule has 0 saturated heterocycles. The van der Waals surface area contributed by atoms with Crippen LogP contribution in [0.3, 0.4) is 0 Å². The summed E-state index contributed by atoms with van der Waals surface area (Å²) < 4.78 is 31.1. The van der Waals surface area contributed by atoms with E-state index in [0.29, 0.717) is 34.8 Å². The quantitative estimate of drug-likeness (QED) is 0.0806. The molecule has 0 fully saturated rings. The highest BCUT2D eigenvalue weighted by Gasteiger charge is 2.32. The van der Waals surface area contributed by atoms with Crippen molar-refractivity contribution in [2.45, 2.75) is 65.6 Å². The van der Waals surface area contributed by atoms with Crippen LogP contribution in [0.4, 0.5) is 0 Å². The molecule has 0 aromatic heterocycles. The fourth-order valence-electron chi connectivity index (χ4n) is 4.87. The van der Waals surface area contributed by atoms with Crippen LogP contribution in [0.1, 0.15) is 63.8 Å². The van der Waals surface area contributed by atoms with E-state index in [2.05, 4.69) is 41.5 Å².